The molecule has 1 aliphatic carbocycles. The molecule has 0 spiro atoms. The SMILES string of the molecule is CC1=CC(C)=C(C)C=C(C)C=C1. The fourth-order valence-electron chi connectivity index (χ4n) is 1.27. The second-order valence-electron chi connectivity index (χ2n) is 3.48. The Morgan fingerprint density at radius 3 is 1.33 bits per heavy atom. The van der Waals surface area contributed by atoms with Crippen molar-refractivity contribution < 1.29 is 0 Å². The van der Waals surface area contributed by atoms with Gasteiger partial charge in [0.15, 0.2) is 0 Å². The Bertz CT molecular complexity index is 266. The standard InChI is InChI=1S/C12H16/c1-9-5-6-10(2)8-12(4)11(3)7-9/h5-8H,1-4H3. The summed E-state index contributed by atoms with van der Waals surface area (Å²) in [5, 5.41) is 0. The third-order valence-corrected chi connectivity index (χ3v) is 2.12. The molecular formula is C12H16. The summed E-state index contributed by atoms with van der Waals surface area (Å²) >= 11 is 0. The molecule has 0 nitrogen and oxygen atoms in total. The zero-order chi connectivity index (χ0) is 9.14. The largest absolute Gasteiger partial charge is 0.0591 e. The molecule has 0 saturated heterocycles. The van der Waals surface area contributed by atoms with Crippen molar-refractivity contribution in [3.63, 3.8) is 0 Å². The molecule has 0 aliphatic heterocycles. The van der Waals surface area contributed by atoms with Crippen molar-refractivity contribution in [2.24, 2.45) is 0 Å². The number of hydrogen-bond acceptors (Lipinski definition) is 0. The van der Waals surface area contributed by atoms with Crippen LogP contribution in [0.15, 0.2) is 46.6 Å². The molecule has 0 bridgehead atoms. The molecule has 0 heteroatoms. The smallest absolute Gasteiger partial charge is 0.0395 e. The minimum atomic E-state index is 1.32. The molecule has 0 saturated carbocycles. The van der Waals surface area contributed by atoms with Gasteiger partial charge in [-0.3, -0.25) is 0 Å². The van der Waals surface area contributed by atoms with Crippen LogP contribution in [0.25, 0.3) is 0 Å². The Morgan fingerprint density at radius 1 is 0.667 bits per heavy atom. The molecule has 0 radical (unpaired) electrons. The van der Waals surface area contributed by atoms with Crippen LogP contribution in [0.1, 0.15) is 27.7 Å². The molecule has 0 amide bonds. The Balaban J connectivity index is 3.13. The van der Waals surface area contributed by atoms with Crippen molar-refractivity contribution in [2.75, 3.05) is 0 Å². The molecule has 0 fully saturated rings. The van der Waals surface area contributed by atoms with Crippen LogP contribution in [-0.2, 0) is 0 Å². The van der Waals surface area contributed by atoms with Crippen molar-refractivity contribution in [1.82, 2.24) is 0 Å². The van der Waals surface area contributed by atoms with Crippen molar-refractivity contribution >= 4 is 0 Å². The quantitative estimate of drug-likeness (QED) is 0.506. The zero-order valence-electron chi connectivity index (χ0n) is 8.31. The minimum Gasteiger partial charge on any atom is -0.0591 e. The summed E-state index contributed by atoms with van der Waals surface area (Å²) in [6.07, 6.45) is 8.74. The van der Waals surface area contributed by atoms with Gasteiger partial charge in [-0.15, -0.1) is 0 Å². The van der Waals surface area contributed by atoms with E-state index in [2.05, 4.69) is 52.0 Å². The molecule has 64 valence electrons. The van der Waals surface area contributed by atoms with Gasteiger partial charge < -0.3 is 0 Å². The van der Waals surface area contributed by atoms with Crippen LogP contribution in [0.5, 0.6) is 0 Å². The number of hydrogen-bond donors (Lipinski definition) is 0. The Kier molecular flexibility index (Phi) is 2.69. The van der Waals surface area contributed by atoms with Gasteiger partial charge in [0.2, 0.25) is 0 Å². The number of rotatable bonds is 0. The first kappa shape index (κ1) is 9.05. The summed E-state index contributed by atoms with van der Waals surface area (Å²) in [6.45, 7) is 8.57. The maximum absolute atomic E-state index is 2.22. The van der Waals surface area contributed by atoms with E-state index in [1.165, 1.54) is 22.3 Å². The highest BCUT2D eigenvalue weighted by Gasteiger charge is 1.95. The molecule has 0 aromatic rings. The summed E-state index contributed by atoms with van der Waals surface area (Å²) < 4.78 is 0. The van der Waals surface area contributed by atoms with E-state index in [0.717, 1.165) is 0 Å². The highest BCUT2D eigenvalue weighted by Crippen LogP contribution is 2.15. The van der Waals surface area contributed by atoms with E-state index >= 15 is 0 Å². The lowest BCUT2D eigenvalue weighted by molar-refractivity contribution is 1.31. The first-order valence-corrected chi connectivity index (χ1v) is 4.32. The van der Waals surface area contributed by atoms with Crippen LogP contribution in [0.3, 0.4) is 0 Å². The van der Waals surface area contributed by atoms with E-state index < -0.39 is 0 Å². The van der Waals surface area contributed by atoms with Crippen LogP contribution < -0.4 is 0 Å². The average molecular weight is 160 g/mol. The van der Waals surface area contributed by atoms with Crippen LogP contribution in [-0.4, -0.2) is 0 Å². The monoisotopic (exact) mass is 160 g/mol. The maximum atomic E-state index is 2.22. The highest BCUT2D eigenvalue weighted by atomic mass is 14.0. The molecule has 1 aliphatic rings. The molecule has 12 heavy (non-hydrogen) atoms. The van der Waals surface area contributed by atoms with Gasteiger partial charge >= 0.3 is 0 Å². The molecule has 0 unspecified atom stereocenters. The van der Waals surface area contributed by atoms with E-state index in [4.69, 9.17) is 0 Å². The second kappa shape index (κ2) is 3.57. The van der Waals surface area contributed by atoms with Gasteiger partial charge in [-0.25, -0.2) is 0 Å². The summed E-state index contributed by atoms with van der Waals surface area (Å²) in [5.41, 5.74) is 5.35. The van der Waals surface area contributed by atoms with Gasteiger partial charge in [0.05, 0.1) is 0 Å². The van der Waals surface area contributed by atoms with Crippen LogP contribution in [0.4, 0.5) is 0 Å². The predicted molar refractivity (Wildman–Crippen MR) is 55.0 cm³/mol. The molecule has 0 aromatic carbocycles. The summed E-state index contributed by atoms with van der Waals surface area (Å²) in [5.74, 6) is 0. The van der Waals surface area contributed by atoms with Crippen molar-refractivity contribution in [2.45, 2.75) is 27.7 Å². The third kappa shape index (κ3) is 2.23. The first-order valence-electron chi connectivity index (χ1n) is 4.32. The summed E-state index contributed by atoms with van der Waals surface area (Å²) in [7, 11) is 0. The maximum Gasteiger partial charge on any atom is -0.0395 e. The highest BCUT2D eigenvalue weighted by molar-refractivity contribution is 5.41. The molecule has 1 rings (SSSR count). The first-order chi connectivity index (χ1) is 5.59. The Hall–Kier alpha value is -1.04. The van der Waals surface area contributed by atoms with Crippen molar-refractivity contribution in [1.29, 1.82) is 0 Å². The lowest BCUT2D eigenvalue weighted by atomic mass is 10.0. The summed E-state index contributed by atoms with van der Waals surface area (Å²) in [4.78, 5) is 0. The lowest BCUT2D eigenvalue weighted by Gasteiger charge is -2.04. The van der Waals surface area contributed by atoms with Gasteiger partial charge in [-0.05, 0) is 38.8 Å². The molecule has 0 heterocycles. The Labute approximate surface area is 75.0 Å². The van der Waals surface area contributed by atoms with Gasteiger partial charge in [0.1, 0.15) is 0 Å². The third-order valence-electron chi connectivity index (χ3n) is 2.12. The molecule has 0 aromatic heterocycles. The van der Waals surface area contributed by atoms with Gasteiger partial charge in [0, 0.05) is 0 Å². The molecular weight excluding hydrogens is 144 g/mol. The van der Waals surface area contributed by atoms with E-state index in [1.807, 2.05) is 0 Å². The van der Waals surface area contributed by atoms with E-state index in [9.17, 15) is 0 Å². The lowest BCUT2D eigenvalue weighted by Crippen LogP contribution is -1.83. The Morgan fingerprint density at radius 2 is 1.00 bits per heavy atom. The van der Waals surface area contributed by atoms with E-state index in [1.54, 1.807) is 0 Å². The van der Waals surface area contributed by atoms with Crippen molar-refractivity contribution in [3.05, 3.63) is 46.6 Å². The minimum absolute atomic E-state index is 1.32. The van der Waals surface area contributed by atoms with Gasteiger partial charge in [0.25, 0.3) is 0 Å². The number of allylic oxidation sites excluding steroid dienone is 8. The van der Waals surface area contributed by atoms with Crippen molar-refractivity contribution in [3.8, 4) is 0 Å². The normalized spacial score (nSPS) is 18.3. The van der Waals surface area contributed by atoms with E-state index in [0.29, 0.717) is 0 Å². The fourth-order valence-corrected chi connectivity index (χ4v) is 1.27. The fraction of sp³-hybridized carbons (Fsp3) is 0.333. The van der Waals surface area contributed by atoms with Gasteiger partial charge in [-0.1, -0.05) is 35.5 Å². The van der Waals surface area contributed by atoms with Crippen LogP contribution >= 0.6 is 0 Å². The predicted octanol–water partition coefficient (Wildman–Crippen LogP) is 3.79. The topological polar surface area (TPSA) is 0 Å². The zero-order valence-corrected chi connectivity index (χ0v) is 8.31. The van der Waals surface area contributed by atoms with Crippen LogP contribution in [0, 0.1) is 0 Å². The van der Waals surface area contributed by atoms with Gasteiger partial charge in [-0.2, -0.15) is 0 Å². The molecule has 0 N–H and O–H groups in total. The average Bonchev–Trinajstić information content (AvgIpc) is 1.99. The van der Waals surface area contributed by atoms with E-state index in [-0.39, 0.29) is 0 Å². The van der Waals surface area contributed by atoms with Crippen LogP contribution in [0.2, 0.25) is 0 Å². The molecule has 0 atom stereocenters. The summed E-state index contributed by atoms with van der Waals surface area (Å²) in [6, 6.07) is 0. The second-order valence-corrected chi connectivity index (χ2v) is 3.48.